The zero-order valence-corrected chi connectivity index (χ0v) is 7.19. The van der Waals surface area contributed by atoms with E-state index in [0.29, 0.717) is 5.92 Å². The number of ether oxygens (including phenoxy) is 1. The van der Waals surface area contributed by atoms with E-state index >= 15 is 0 Å². The Morgan fingerprint density at radius 1 is 1.50 bits per heavy atom. The SMILES string of the molecule is COC(=O)C1CC2CCC1C2O. The molecule has 0 radical (unpaired) electrons. The number of carbonyl (C=O) groups is 1. The van der Waals surface area contributed by atoms with Crippen LogP contribution in [0.1, 0.15) is 19.3 Å². The number of esters is 1. The second-order valence-corrected chi connectivity index (χ2v) is 3.86. The van der Waals surface area contributed by atoms with Crippen molar-refractivity contribution in [3.8, 4) is 0 Å². The van der Waals surface area contributed by atoms with Gasteiger partial charge in [-0.2, -0.15) is 0 Å². The molecule has 0 aromatic carbocycles. The van der Waals surface area contributed by atoms with Crippen LogP contribution in [0.15, 0.2) is 0 Å². The minimum Gasteiger partial charge on any atom is -0.469 e. The summed E-state index contributed by atoms with van der Waals surface area (Å²) in [6.07, 6.45) is 2.66. The van der Waals surface area contributed by atoms with Crippen molar-refractivity contribution in [1.29, 1.82) is 0 Å². The molecule has 0 heterocycles. The van der Waals surface area contributed by atoms with E-state index in [4.69, 9.17) is 0 Å². The molecule has 1 N–H and O–H groups in total. The van der Waals surface area contributed by atoms with Crippen molar-refractivity contribution in [2.24, 2.45) is 17.8 Å². The molecule has 0 amide bonds. The first-order valence-electron chi connectivity index (χ1n) is 4.50. The molecule has 4 atom stereocenters. The van der Waals surface area contributed by atoms with Gasteiger partial charge in [-0.05, 0) is 31.1 Å². The van der Waals surface area contributed by atoms with Gasteiger partial charge in [0.05, 0.1) is 19.1 Å². The summed E-state index contributed by atoms with van der Waals surface area (Å²) in [5.41, 5.74) is 0. The smallest absolute Gasteiger partial charge is 0.309 e. The monoisotopic (exact) mass is 170 g/mol. The van der Waals surface area contributed by atoms with E-state index in [2.05, 4.69) is 4.74 Å². The fourth-order valence-electron chi connectivity index (χ4n) is 2.72. The van der Waals surface area contributed by atoms with Crippen LogP contribution in [0.4, 0.5) is 0 Å². The highest BCUT2D eigenvalue weighted by Crippen LogP contribution is 2.48. The maximum Gasteiger partial charge on any atom is 0.309 e. The lowest BCUT2D eigenvalue weighted by atomic mass is 9.89. The van der Waals surface area contributed by atoms with Crippen molar-refractivity contribution >= 4 is 5.97 Å². The number of rotatable bonds is 1. The van der Waals surface area contributed by atoms with Crippen molar-refractivity contribution in [3.05, 3.63) is 0 Å². The largest absolute Gasteiger partial charge is 0.469 e. The molecule has 3 nitrogen and oxygen atoms in total. The topological polar surface area (TPSA) is 46.5 Å². The molecule has 2 bridgehead atoms. The fraction of sp³-hybridized carbons (Fsp3) is 0.889. The second-order valence-electron chi connectivity index (χ2n) is 3.86. The van der Waals surface area contributed by atoms with Gasteiger partial charge in [0.1, 0.15) is 0 Å². The van der Waals surface area contributed by atoms with Crippen LogP contribution in [0.25, 0.3) is 0 Å². The van der Waals surface area contributed by atoms with E-state index in [1.807, 2.05) is 0 Å². The molecule has 2 rings (SSSR count). The maximum absolute atomic E-state index is 11.2. The molecule has 2 saturated carbocycles. The van der Waals surface area contributed by atoms with Gasteiger partial charge < -0.3 is 9.84 Å². The number of aliphatic hydroxyl groups excluding tert-OH is 1. The average molecular weight is 170 g/mol. The molecule has 0 saturated heterocycles. The van der Waals surface area contributed by atoms with Crippen LogP contribution in [0, 0.1) is 17.8 Å². The lowest BCUT2D eigenvalue weighted by molar-refractivity contribution is -0.147. The lowest BCUT2D eigenvalue weighted by Crippen LogP contribution is -2.24. The third kappa shape index (κ3) is 0.959. The zero-order valence-electron chi connectivity index (χ0n) is 7.19. The molecule has 4 unspecified atom stereocenters. The molecular formula is C9H14O3. The summed E-state index contributed by atoms with van der Waals surface area (Å²) >= 11 is 0. The number of hydrogen-bond donors (Lipinski definition) is 1. The van der Waals surface area contributed by atoms with Crippen LogP contribution in [0.5, 0.6) is 0 Å². The van der Waals surface area contributed by atoms with Gasteiger partial charge in [0.15, 0.2) is 0 Å². The maximum atomic E-state index is 11.2. The molecule has 2 aliphatic carbocycles. The van der Waals surface area contributed by atoms with Crippen LogP contribution < -0.4 is 0 Å². The number of carbonyl (C=O) groups excluding carboxylic acids is 1. The molecule has 2 fully saturated rings. The van der Waals surface area contributed by atoms with E-state index in [-0.39, 0.29) is 23.9 Å². The molecule has 68 valence electrons. The highest BCUT2D eigenvalue weighted by molar-refractivity contribution is 5.73. The summed E-state index contributed by atoms with van der Waals surface area (Å²) in [5.74, 6) is 0.381. The predicted molar refractivity (Wildman–Crippen MR) is 42.3 cm³/mol. The van der Waals surface area contributed by atoms with Crippen molar-refractivity contribution in [3.63, 3.8) is 0 Å². The predicted octanol–water partition coefficient (Wildman–Crippen LogP) is 0.566. The number of methoxy groups -OCH3 is 1. The fourth-order valence-corrected chi connectivity index (χ4v) is 2.72. The minimum absolute atomic E-state index is 0.0243. The van der Waals surface area contributed by atoms with Gasteiger partial charge in [-0.15, -0.1) is 0 Å². The first-order chi connectivity index (χ1) is 5.74. The Labute approximate surface area is 71.7 Å². The quantitative estimate of drug-likeness (QED) is 0.585. The molecule has 12 heavy (non-hydrogen) atoms. The number of aliphatic hydroxyl groups is 1. The van der Waals surface area contributed by atoms with E-state index < -0.39 is 0 Å². The Bertz CT molecular complexity index is 202. The lowest BCUT2D eigenvalue weighted by Gasteiger charge is -2.18. The van der Waals surface area contributed by atoms with Crippen molar-refractivity contribution in [2.75, 3.05) is 7.11 Å². The summed E-state index contributed by atoms with van der Waals surface area (Å²) < 4.78 is 4.69. The van der Waals surface area contributed by atoms with Gasteiger partial charge in [-0.25, -0.2) is 0 Å². The molecule has 0 aromatic rings. The Hall–Kier alpha value is -0.570. The van der Waals surface area contributed by atoms with Crippen LogP contribution in [0.2, 0.25) is 0 Å². The van der Waals surface area contributed by atoms with Crippen LogP contribution >= 0.6 is 0 Å². The standard InChI is InChI=1S/C9H14O3/c1-12-9(11)7-4-5-2-3-6(7)8(5)10/h5-8,10H,2-4H2,1H3. The third-order valence-corrected chi connectivity index (χ3v) is 3.37. The summed E-state index contributed by atoms with van der Waals surface area (Å²) in [6.45, 7) is 0. The summed E-state index contributed by atoms with van der Waals surface area (Å²) in [5, 5.41) is 9.64. The Balaban J connectivity index is 2.08. The Morgan fingerprint density at radius 2 is 2.25 bits per heavy atom. The van der Waals surface area contributed by atoms with Crippen molar-refractivity contribution in [2.45, 2.75) is 25.4 Å². The van der Waals surface area contributed by atoms with Gasteiger partial charge in [0.25, 0.3) is 0 Å². The highest BCUT2D eigenvalue weighted by atomic mass is 16.5. The summed E-state index contributed by atoms with van der Waals surface area (Å²) in [7, 11) is 1.42. The second kappa shape index (κ2) is 2.73. The van der Waals surface area contributed by atoms with Gasteiger partial charge in [-0.3, -0.25) is 4.79 Å². The van der Waals surface area contributed by atoms with Crippen LogP contribution in [-0.4, -0.2) is 24.3 Å². The van der Waals surface area contributed by atoms with Gasteiger partial charge in [-0.1, -0.05) is 0 Å². The average Bonchev–Trinajstić information content (AvgIpc) is 2.60. The minimum atomic E-state index is -0.242. The number of fused-ring (bicyclic) bond motifs is 2. The van der Waals surface area contributed by atoms with E-state index in [1.54, 1.807) is 0 Å². The molecule has 0 spiro atoms. The third-order valence-electron chi connectivity index (χ3n) is 3.37. The first kappa shape index (κ1) is 8.05. The normalized spacial score (nSPS) is 44.8. The van der Waals surface area contributed by atoms with Gasteiger partial charge in [0, 0.05) is 0 Å². The molecule has 3 heteroatoms. The Kier molecular flexibility index (Phi) is 1.83. The van der Waals surface area contributed by atoms with E-state index in [0.717, 1.165) is 19.3 Å². The van der Waals surface area contributed by atoms with E-state index in [9.17, 15) is 9.90 Å². The number of hydrogen-bond acceptors (Lipinski definition) is 3. The van der Waals surface area contributed by atoms with Gasteiger partial charge >= 0.3 is 5.97 Å². The first-order valence-corrected chi connectivity index (χ1v) is 4.50. The van der Waals surface area contributed by atoms with Gasteiger partial charge in [0.2, 0.25) is 0 Å². The molecular weight excluding hydrogens is 156 g/mol. The summed E-state index contributed by atoms with van der Waals surface area (Å²) in [4.78, 5) is 11.2. The highest BCUT2D eigenvalue weighted by Gasteiger charge is 2.50. The van der Waals surface area contributed by atoms with E-state index in [1.165, 1.54) is 7.11 Å². The Morgan fingerprint density at radius 3 is 2.67 bits per heavy atom. The van der Waals surface area contributed by atoms with Crippen LogP contribution in [-0.2, 0) is 9.53 Å². The van der Waals surface area contributed by atoms with Crippen LogP contribution in [0.3, 0.4) is 0 Å². The molecule has 0 aromatic heterocycles. The van der Waals surface area contributed by atoms with Crippen molar-refractivity contribution < 1.29 is 14.6 Å². The summed E-state index contributed by atoms with van der Waals surface area (Å²) in [6, 6.07) is 0. The van der Waals surface area contributed by atoms with Crippen molar-refractivity contribution in [1.82, 2.24) is 0 Å². The zero-order chi connectivity index (χ0) is 8.72. The molecule has 2 aliphatic rings. The molecule has 0 aliphatic heterocycles.